The van der Waals surface area contributed by atoms with Crippen LogP contribution in [0.3, 0.4) is 0 Å². The average Bonchev–Trinajstić information content (AvgIpc) is 2.83. The maximum Gasteiger partial charge on any atom is 0.273 e. The third kappa shape index (κ3) is 2.91. The summed E-state index contributed by atoms with van der Waals surface area (Å²) in [6, 6.07) is 3.71. The molecule has 122 valence electrons. The molecule has 0 bridgehead atoms. The Hall–Kier alpha value is -2.44. The molecule has 3 rings (SSSR count). The zero-order valence-corrected chi connectivity index (χ0v) is 14.0. The van der Waals surface area contributed by atoms with Gasteiger partial charge in [-0.05, 0) is 38.3 Å². The van der Waals surface area contributed by atoms with E-state index in [1.165, 1.54) is 16.2 Å². The summed E-state index contributed by atoms with van der Waals surface area (Å²) in [7, 11) is 5.39. The Bertz CT molecular complexity index is 719. The minimum Gasteiger partial charge on any atom is -0.362 e. The van der Waals surface area contributed by atoms with Gasteiger partial charge in [-0.1, -0.05) is 0 Å². The topological polar surface area (TPSA) is 75.9 Å². The lowest BCUT2D eigenvalue weighted by atomic mass is 9.91. The first-order chi connectivity index (χ1) is 11.0. The molecule has 1 N–H and O–H groups in total. The number of nitrogens with one attached hydrogen (secondary N) is 1. The molecule has 0 aromatic carbocycles. The van der Waals surface area contributed by atoms with Gasteiger partial charge in [-0.2, -0.15) is 5.10 Å². The molecule has 1 aliphatic rings. The summed E-state index contributed by atoms with van der Waals surface area (Å²) >= 11 is 0. The van der Waals surface area contributed by atoms with E-state index in [9.17, 15) is 4.79 Å². The number of hydrogen-bond acceptors (Lipinski definition) is 5. The molecule has 0 saturated heterocycles. The van der Waals surface area contributed by atoms with Crippen LogP contribution in [0, 0.1) is 6.92 Å². The molecular formula is C16H22N6O. The first kappa shape index (κ1) is 15.5. The Kier molecular flexibility index (Phi) is 4.02. The highest BCUT2D eigenvalue weighted by Gasteiger charge is 2.26. The molecule has 1 amide bonds. The van der Waals surface area contributed by atoms with Gasteiger partial charge >= 0.3 is 0 Å². The van der Waals surface area contributed by atoms with Crippen LogP contribution in [0.1, 0.15) is 46.3 Å². The second-order valence-electron chi connectivity index (χ2n) is 6.16. The van der Waals surface area contributed by atoms with Crippen molar-refractivity contribution in [2.75, 3.05) is 19.4 Å². The summed E-state index contributed by atoms with van der Waals surface area (Å²) in [4.78, 5) is 13.3. The average molecular weight is 314 g/mol. The van der Waals surface area contributed by atoms with E-state index in [1.54, 1.807) is 20.2 Å². The SMILES string of the molecule is Cc1nn(C)c2c1C(Nc1ccc(C(=O)N(C)C)nn1)CCC2. The second-order valence-corrected chi connectivity index (χ2v) is 6.16. The van der Waals surface area contributed by atoms with E-state index < -0.39 is 0 Å². The van der Waals surface area contributed by atoms with Crippen molar-refractivity contribution in [3.63, 3.8) is 0 Å². The molecule has 0 spiro atoms. The number of carbonyl (C=O) groups is 1. The van der Waals surface area contributed by atoms with Crippen molar-refractivity contribution in [3.05, 3.63) is 34.8 Å². The van der Waals surface area contributed by atoms with Gasteiger partial charge in [0.05, 0.1) is 11.7 Å². The molecule has 0 fully saturated rings. The Morgan fingerprint density at radius 3 is 2.78 bits per heavy atom. The Balaban J connectivity index is 1.80. The number of amides is 1. The second kappa shape index (κ2) is 5.98. The predicted octanol–water partition coefficient (Wildman–Crippen LogP) is 1.71. The lowest BCUT2D eigenvalue weighted by Crippen LogP contribution is -2.23. The highest BCUT2D eigenvalue weighted by Crippen LogP contribution is 2.33. The highest BCUT2D eigenvalue weighted by molar-refractivity contribution is 5.91. The van der Waals surface area contributed by atoms with Crippen molar-refractivity contribution in [2.24, 2.45) is 7.05 Å². The third-order valence-electron chi connectivity index (χ3n) is 4.26. The molecular weight excluding hydrogens is 292 g/mol. The number of fused-ring (bicyclic) bond motifs is 1. The van der Waals surface area contributed by atoms with E-state index >= 15 is 0 Å². The van der Waals surface area contributed by atoms with Gasteiger partial charge in [0.25, 0.3) is 5.91 Å². The van der Waals surface area contributed by atoms with Crippen LogP contribution in [0.2, 0.25) is 0 Å². The van der Waals surface area contributed by atoms with Gasteiger partial charge < -0.3 is 10.2 Å². The van der Waals surface area contributed by atoms with Crippen molar-refractivity contribution < 1.29 is 4.79 Å². The third-order valence-corrected chi connectivity index (χ3v) is 4.26. The van der Waals surface area contributed by atoms with Crippen LogP contribution in [-0.2, 0) is 13.5 Å². The fourth-order valence-electron chi connectivity index (χ4n) is 3.17. The Morgan fingerprint density at radius 2 is 2.13 bits per heavy atom. The van der Waals surface area contributed by atoms with Crippen LogP contribution in [0.5, 0.6) is 0 Å². The van der Waals surface area contributed by atoms with Crippen LogP contribution in [-0.4, -0.2) is 44.9 Å². The van der Waals surface area contributed by atoms with E-state index in [0.717, 1.165) is 25.0 Å². The molecule has 23 heavy (non-hydrogen) atoms. The van der Waals surface area contributed by atoms with Gasteiger partial charge in [0, 0.05) is 32.4 Å². The van der Waals surface area contributed by atoms with Gasteiger partial charge in [0.15, 0.2) is 5.69 Å². The summed E-state index contributed by atoms with van der Waals surface area (Å²) in [6.07, 6.45) is 3.22. The van der Waals surface area contributed by atoms with Crippen molar-refractivity contribution in [3.8, 4) is 0 Å². The van der Waals surface area contributed by atoms with Crippen molar-refractivity contribution in [1.82, 2.24) is 24.9 Å². The quantitative estimate of drug-likeness (QED) is 0.933. The molecule has 1 atom stereocenters. The van der Waals surface area contributed by atoms with E-state index in [2.05, 4.69) is 20.6 Å². The number of carbonyl (C=O) groups excluding carboxylic acids is 1. The van der Waals surface area contributed by atoms with Crippen LogP contribution in [0.15, 0.2) is 12.1 Å². The monoisotopic (exact) mass is 314 g/mol. The van der Waals surface area contributed by atoms with Gasteiger partial charge in [-0.15, -0.1) is 10.2 Å². The van der Waals surface area contributed by atoms with E-state index in [0.29, 0.717) is 11.5 Å². The van der Waals surface area contributed by atoms with Crippen LogP contribution < -0.4 is 5.32 Å². The summed E-state index contributed by atoms with van der Waals surface area (Å²) in [6.45, 7) is 2.05. The molecule has 2 heterocycles. The van der Waals surface area contributed by atoms with E-state index in [-0.39, 0.29) is 11.9 Å². The Labute approximate surface area is 135 Å². The smallest absolute Gasteiger partial charge is 0.273 e. The Morgan fingerprint density at radius 1 is 1.35 bits per heavy atom. The first-order valence-corrected chi connectivity index (χ1v) is 7.81. The predicted molar refractivity (Wildman–Crippen MR) is 87.3 cm³/mol. The molecule has 0 radical (unpaired) electrons. The first-order valence-electron chi connectivity index (χ1n) is 7.81. The molecule has 2 aromatic heterocycles. The lowest BCUT2D eigenvalue weighted by molar-refractivity contribution is 0.0821. The van der Waals surface area contributed by atoms with E-state index in [4.69, 9.17) is 0 Å². The maximum atomic E-state index is 11.8. The van der Waals surface area contributed by atoms with Crippen LogP contribution in [0.4, 0.5) is 5.82 Å². The number of rotatable bonds is 3. The number of aryl methyl sites for hydroxylation is 2. The fraction of sp³-hybridized carbons (Fsp3) is 0.500. The molecule has 7 heteroatoms. The van der Waals surface area contributed by atoms with Crippen LogP contribution in [0.25, 0.3) is 0 Å². The minimum absolute atomic E-state index is 0.146. The standard InChI is InChI=1S/C16H22N6O/c1-10-15-11(6-5-7-13(15)22(4)20-10)17-14-9-8-12(18-19-14)16(23)21(2)3/h8-9,11H,5-7H2,1-4H3,(H,17,19). The summed E-state index contributed by atoms with van der Waals surface area (Å²) in [5.74, 6) is 0.536. The largest absolute Gasteiger partial charge is 0.362 e. The van der Waals surface area contributed by atoms with Gasteiger partial charge in [0.1, 0.15) is 5.82 Å². The zero-order valence-electron chi connectivity index (χ0n) is 14.0. The lowest BCUT2D eigenvalue weighted by Gasteiger charge is -2.24. The fourth-order valence-corrected chi connectivity index (χ4v) is 3.17. The minimum atomic E-state index is -0.146. The highest BCUT2D eigenvalue weighted by atomic mass is 16.2. The molecule has 2 aromatic rings. The van der Waals surface area contributed by atoms with Crippen molar-refractivity contribution in [1.29, 1.82) is 0 Å². The number of nitrogens with zero attached hydrogens (tertiary/aromatic N) is 5. The molecule has 1 aliphatic carbocycles. The molecule has 7 nitrogen and oxygen atoms in total. The van der Waals surface area contributed by atoms with Gasteiger partial charge in [0.2, 0.25) is 0 Å². The van der Waals surface area contributed by atoms with Crippen molar-refractivity contribution >= 4 is 11.7 Å². The zero-order chi connectivity index (χ0) is 16.6. The molecule has 1 unspecified atom stereocenters. The molecule has 0 saturated carbocycles. The molecule has 0 aliphatic heterocycles. The number of aromatic nitrogens is 4. The van der Waals surface area contributed by atoms with Crippen molar-refractivity contribution in [2.45, 2.75) is 32.2 Å². The van der Waals surface area contributed by atoms with Crippen LogP contribution >= 0.6 is 0 Å². The normalized spacial score (nSPS) is 16.8. The number of hydrogen-bond donors (Lipinski definition) is 1. The maximum absolute atomic E-state index is 11.8. The van der Waals surface area contributed by atoms with E-state index in [1.807, 2.05) is 24.7 Å². The summed E-state index contributed by atoms with van der Waals surface area (Å²) in [5, 5.41) is 16.1. The summed E-state index contributed by atoms with van der Waals surface area (Å²) < 4.78 is 1.98. The number of anilines is 1. The van der Waals surface area contributed by atoms with Gasteiger partial charge in [-0.3, -0.25) is 9.48 Å². The van der Waals surface area contributed by atoms with Gasteiger partial charge in [-0.25, -0.2) is 0 Å². The summed E-state index contributed by atoms with van der Waals surface area (Å²) in [5.41, 5.74) is 3.97.